The van der Waals surface area contributed by atoms with E-state index < -0.39 is 35.7 Å². The lowest BCUT2D eigenvalue weighted by Gasteiger charge is -2.38. The fourth-order valence-corrected chi connectivity index (χ4v) is 6.90. The van der Waals surface area contributed by atoms with Crippen LogP contribution in [-0.4, -0.2) is 92.4 Å². The van der Waals surface area contributed by atoms with E-state index in [1.54, 1.807) is 23.0 Å². The second-order valence-corrected chi connectivity index (χ2v) is 14.7. The van der Waals surface area contributed by atoms with Crippen LogP contribution in [-0.2, 0) is 24.2 Å². The molecule has 0 aliphatic carbocycles. The average Bonchev–Trinajstić information content (AvgIpc) is 3.46. The van der Waals surface area contributed by atoms with Crippen LogP contribution in [0.2, 0.25) is 0 Å². The van der Waals surface area contributed by atoms with Crippen molar-refractivity contribution < 1.29 is 29.3 Å². The molecule has 0 spiro atoms. The number of amides is 4. The summed E-state index contributed by atoms with van der Waals surface area (Å²) < 4.78 is 5.25. The normalized spacial score (nSPS) is 15.4. The van der Waals surface area contributed by atoms with Crippen LogP contribution >= 0.6 is 0 Å². The molecule has 0 radical (unpaired) electrons. The van der Waals surface area contributed by atoms with Crippen LogP contribution < -0.4 is 15.4 Å². The van der Waals surface area contributed by atoms with Gasteiger partial charge in [-0.15, -0.1) is 0 Å². The molecule has 53 heavy (non-hydrogen) atoms. The summed E-state index contributed by atoms with van der Waals surface area (Å²) in [4.78, 5) is 52.3. The monoisotopic (exact) mass is 722 g/mol. The first-order valence-electron chi connectivity index (χ1n) is 17.9. The summed E-state index contributed by atoms with van der Waals surface area (Å²) in [5, 5.41) is 27.2. The maximum absolute atomic E-state index is 14.3. The number of hydrogen-bond acceptors (Lipinski definition) is 7. The number of rotatable bonds is 15. The second kappa shape index (κ2) is 17.4. The third kappa shape index (κ3) is 10.5. The van der Waals surface area contributed by atoms with E-state index in [1.807, 2.05) is 113 Å². The number of aromatic nitrogens is 2. The maximum atomic E-state index is 14.3. The minimum atomic E-state index is -1.21. The van der Waals surface area contributed by atoms with Crippen molar-refractivity contribution in [2.45, 2.75) is 77.7 Å². The molecule has 3 heterocycles. The highest BCUT2D eigenvalue weighted by molar-refractivity contribution is 5.89. The van der Waals surface area contributed by atoms with Crippen LogP contribution in [0.5, 0.6) is 5.88 Å². The van der Waals surface area contributed by atoms with Crippen LogP contribution in [0.4, 0.5) is 9.59 Å². The average molecular weight is 723 g/mol. The van der Waals surface area contributed by atoms with Crippen molar-refractivity contribution in [2.75, 3.05) is 20.2 Å². The molecule has 2 aromatic heterocycles. The van der Waals surface area contributed by atoms with Crippen molar-refractivity contribution in [1.82, 2.24) is 30.4 Å². The Balaban J connectivity index is 1.33. The number of carbonyl (C=O) groups is 3. The number of hydrogen-bond donors (Lipinski definition) is 4. The number of benzene rings is 2. The standard InChI is InChI=1S/C41H50N6O6/c1-27-11-9-14-31(42-27)26-46-21-22-47(40(46)52)37(41(2,3)4)38(49)45-34(24-28-12-7-6-8-13-28)35(48)25-32(43-39(50)51)23-29-17-19-30(20-18-29)33-15-10-16-36(44-33)53-5/h6-20,32,34-35,37,43,48H,21-26H2,1-5H3,(H,45,49)(H,50,51)/t32-,34-,35-,37+/m0/s1. The molecule has 280 valence electrons. The molecule has 2 aromatic carbocycles. The number of aliphatic hydroxyl groups is 1. The summed E-state index contributed by atoms with van der Waals surface area (Å²) in [6, 6.07) is 25.8. The van der Waals surface area contributed by atoms with Gasteiger partial charge < -0.3 is 35.4 Å². The maximum Gasteiger partial charge on any atom is 0.404 e. The van der Waals surface area contributed by atoms with Crippen molar-refractivity contribution in [2.24, 2.45) is 5.41 Å². The van der Waals surface area contributed by atoms with Gasteiger partial charge in [0.2, 0.25) is 11.8 Å². The minimum absolute atomic E-state index is 0.0311. The summed E-state index contributed by atoms with van der Waals surface area (Å²) in [5.41, 5.74) is 4.37. The zero-order chi connectivity index (χ0) is 38.1. The number of nitrogens with zero attached hydrogens (tertiary/aromatic N) is 4. The molecule has 0 saturated carbocycles. The minimum Gasteiger partial charge on any atom is -0.481 e. The van der Waals surface area contributed by atoms with Gasteiger partial charge in [0.05, 0.1) is 37.2 Å². The molecule has 12 nitrogen and oxygen atoms in total. The summed E-state index contributed by atoms with van der Waals surface area (Å²) in [5.74, 6) is 0.118. The number of methoxy groups -OCH3 is 1. The van der Waals surface area contributed by atoms with E-state index in [4.69, 9.17) is 4.74 Å². The third-order valence-electron chi connectivity index (χ3n) is 9.41. The van der Waals surface area contributed by atoms with Crippen molar-refractivity contribution in [3.63, 3.8) is 0 Å². The second-order valence-electron chi connectivity index (χ2n) is 14.7. The number of pyridine rings is 2. The predicted molar refractivity (Wildman–Crippen MR) is 202 cm³/mol. The van der Waals surface area contributed by atoms with Crippen LogP contribution in [0, 0.1) is 12.3 Å². The van der Waals surface area contributed by atoms with Crippen molar-refractivity contribution in [1.29, 1.82) is 0 Å². The third-order valence-corrected chi connectivity index (χ3v) is 9.41. The number of urea groups is 1. The fourth-order valence-electron chi connectivity index (χ4n) is 6.90. The van der Waals surface area contributed by atoms with Crippen LogP contribution in [0.1, 0.15) is 49.7 Å². The molecule has 4 aromatic rings. The summed E-state index contributed by atoms with van der Waals surface area (Å²) in [6.45, 7) is 8.80. The first-order chi connectivity index (χ1) is 25.3. The Morgan fingerprint density at radius 3 is 2.23 bits per heavy atom. The van der Waals surface area contributed by atoms with Gasteiger partial charge in [0.1, 0.15) is 6.04 Å². The lowest BCUT2D eigenvalue weighted by Crippen LogP contribution is -2.58. The fraction of sp³-hybridized carbons (Fsp3) is 0.390. The zero-order valence-corrected chi connectivity index (χ0v) is 31.0. The molecule has 1 saturated heterocycles. The van der Waals surface area contributed by atoms with Gasteiger partial charge in [0.15, 0.2) is 0 Å². The van der Waals surface area contributed by atoms with Gasteiger partial charge in [-0.3, -0.25) is 9.78 Å². The first kappa shape index (κ1) is 38.7. The van der Waals surface area contributed by atoms with Gasteiger partial charge in [-0.25, -0.2) is 14.6 Å². The summed E-state index contributed by atoms with van der Waals surface area (Å²) in [6.07, 6.45) is -1.71. The lowest BCUT2D eigenvalue weighted by molar-refractivity contribution is -0.130. The smallest absolute Gasteiger partial charge is 0.404 e. The molecule has 0 unspecified atom stereocenters. The molecule has 4 N–H and O–H groups in total. The number of aliphatic hydroxyl groups excluding tert-OH is 1. The summed E-state index contributed by atoms with van der Waals surface area (Å²) in [7, 11) is 1.56. The Morgan fingerprint density at radius 1 is 0.868 bits per heavy atom. The van der Waals surface area contributed by atoms with Crippen LogP contribution in [0.25, 0.3) is 11.3 Å². The molecular formula is C41H50N6O6. The van der Waals surface area contributed by atoms with E-state index in [-0.39, 0.29) is 18.4 Å². The van der Waals surface area contributed by atoms with Gasteiger partial charge in [0.25, 0.3) is 0 Å². The van der Waals surface area contributed by atoms with E-state index in [9.17, 15) is 24.6 Å². The van der Waals surface area contributed by atoms with E-state index >= 15 is 0 Å². The Bertz CT molecular complexity index is 1850. The van der Waals surface area contributed by atoms with Gasteiger partial charge in [-0.1, -0.05) is 87.5 Å². The highest BCUT2D eigenvalue weighted by atomic mass is 16.5. The lowest BCUT2D eigenvalue weighted by atomic mass is 9.84. The van der Waals surface area contributed by atoms with E-state index in [1.165, 1.54) is 0 Å². The predicted octanol–water partition coefficient (Wildman–Crippen LogP) is 5.47. The molecule has 1 aliphatic heterocycles. The Hall–Kier alpha value is -5.49. The summed E-state index contributed by atoms with van der Waals surface area (Å²) >= 11 is 0. The molecule has 4 amide bonds. The Kier molecular flexibility index (Phi) is 12.7. The SMILES string of the molecule is COc1cccc(-c2ccc(C[C@@H](C[C@H](O)[C@H](Cc3ccccc3)NC(=O)[C@@H](N3CCN(Cc4cccc(C)n4)C3=O)C(C)(C)C)NC(=O)O)cc2)n1. The van der Waals surface area contributed by atoms with E-state index in [0.29, 0.717) is 38.4 Å². The number of aryl methyl sites for hydroxylation is 1. The van der Waals surface area contributed by atoms with Crippen molar-refractivity contribution >= 4 is 18.0 Å². The van der Waals surface area contributed by atoms with Crippen LogP contribution in [0.3, 0.4) is 0 Å². The van der Waals surface area contributed by atoms with E-state index in [0.717, 1.165) is 33.8 Å². The van der Waals surface area contributed by atoms with E-state index in [2.05, 4.69) is 20.6 Å². The molecular weight excluding hydrogens is 672 g/mol. The number of ether oxygens (including phenoxy) is 1. The highest BCUT2D eigenvalue weighted by Gasteiger charge is 2.44. The largest absolute Gasteiger partial charge is 0.481 e. The van der Waals surface area contributed by atoms with Crippen LogP contribution in [0.15, 0.2) is 91.0 Å². The zero-order valence-electron chi connectivity index (χ0n) is 31.0. The molecule has 5 rings (SSSR count). The highest BCUT2D eigenvalue weighted by Crippen LogP contribution is 2.29. The number of carbonyl (C=O) groups excluding carboxylic acids is 2. The van der Waals surface area contributed by atoms with Gasteiger partial charge in [0, 0.05) is 36.5 Å². The van der Waals surface area contributed by atoms with Gasteiger partial charge in [-0.2, -0.15) is 0 Å². The topological polar surface area (TPSA) is 157 Å². The molecule has 4 atom stereocenters. The molecule has 12 heteroatoms. The molecule has 1 fully saturated rings. The number of nitrogens with one attached hydrogen (secondary N) is 2. The molecule has 1 aliphatic rings. The Morgan fingerprint density at radius 2 is 1.57 bits per heavy atom. The molecule has 0 bridgehead atoms. The van der Waals surface area contributed by atoms with Crippen molar-refractivity contribution in [3.8, 4) is 17.1 Å². The number of carboxylic acid groups (broad SMARTS) is 1. The first-order valence-corrected chi connectivity index (χ1v) is 17.9. The Labute approximate surface area is 311 Å². The van der Waals surface area contributed by atoms with Crippen molar-refractivity contribution in [3.05, 3.63) is 114 Å². The van der Waals surface area contributed by atoms with Gasteiger partial charge >= 0.3 is 12.1 Å². The quantitative estimate of drug-likeness (QED) is 0.126. The van der Waals surface area contributed by atoms with Gasteiger partial charge in [-0.05, 0) is 60.9 Å².